The summed E-state index contributed by atoms with van der Waals surface area (Å²) in [4.78, 5) is 15.6. The van der Waals surface area contributed by atoms with Crippen molar-refractivity contribution in [3.63, 3.8) is 0 Å². The fourth-order valence-electron chi connectivity index (χ4n) is 0.668. The number of aliphatic hydroxyl groups is 1. The Balaban J connectivity index is 2.50. The van der Waals surface area contributed by atoms with Crippen LogP contribution in [0.3, 0.4) is 0 Å². The topological polar surface area (TPSA) is 62.2 Å². The summed E-state index contributed by atoms with van der Waals surface area (Å²) in [5.41, 5.74) is 1.60. The van der Waals surface area contributed by atoms with E-state index < -0.39 is 0 Å². The molecule has 2 N–H and O–H groups in total. The molecule has 0 bridgehead atoms. The molecule has 0 radical (unpaired) electrons. The number of carbonyl (C=O) groups excluding carboxylic acids is 1. The van der Waals surface area contributed by atoms with E-state index in [1.54, 1.807) is 12.4 Å². The van der Waals surface area contributed by atoms with Crippen LogP contribution in [0.2, 0.25) is 0 Å². The summed E-state index contributed by atoms with van der Waals surface area (Å²) in [6.45, 7) is 1.68. The minimum atomic E-state index is -0.209. The van der Waals surface area contributed by atoms with Gasteiger partial charge in [-0.3, -0.25) is 9.78 Å². The van der Waals surface area contributed by atoms with Crippen LogP contribution in [0.5, 0.6) is 0 Å². The molecule has 0 fully saturated rings. The zero-order chi connectivity index (χ0) is 8.97. The molecule has 0 aliphatic heterocycles. The molecule has 1 aromatic rings. The second-order valence-corrected chi connectivity index (χ2v) is 3.31. The molecule has 66 valence electrons. The largest absolute Gasteiger partial charge is 0.394 e. The summed E-state index contributed by atoms with van der Waals surface area (Å²) in [6.07, 6.45) is 1.50. The standard InChI is InChI=1S/C7H10N2O2S/c1-5(3-10)9-7(11)6-2-8-4-12-6/h2,4-5,10H,3H2,1H3,(H,9,11)/t5-/m0/s1. The van der Waals surface area contributed by atoms with Gasteiger partial charge in [-0.1, -0.05) is 0 Å². The summed E-state index contributed by atoms with van der Waals surface area (Å²) in [5, 5.41) is 11.3. The highest BCUT2D eigenvalue weighted by molar-refractivity contribution is 7.11. The number of hydrogen-bond donors (Lipinski definition) is 2. The molecule has 0 spiro atoms. The minimum Gasteiger partial charge on any atom is -0.394 e. The van der Waals surface area contributed by atoms with Crippen molar-refractivity contribution in [1.82, 2.24) is 10.3 Å². The highest BCUT2D eigenvalue weighted by atomic mass is 32.1. The van der Waals surface area contributed by atoms with E-state index in [4.69, 9.17) is 5.11 Å². The average Bonchev–Trinajstić information content (AvgIpc) is 2.56. The number of amides is 1. The van der Waals surface area contributed by atoms with E-state index in [0.29, 0.717) is 4.88 Å². The number of aliphatic hydroxyl groups excluding tert-OH is 1. The minimum absolute atomic E-state index is 0.0510. The van der Waals surface area contributed by atoms with Gasteiger partial charge in [0, 0.05) is 6.04 Å². The lowest BCUT2D eigenvalue weighted by atomic mass is 10.3. The highest BCUT2D eigenvalue weighted by Gasteiger charge is 2.09. The van der Waals surface area contributed by atoms with Crippen LogP contribution < -0.4 is 5.32 Å². The molecule has 1 heterocycles. The Morgan fingerprint density at radius 1 is 1.92 bits per heavy atom. The predicted molar refractivity (Wildman–Crippen MR) is 46.1 cm³/mol. The molecule has 4 nitrogen and oxygen atoms in total. The number of thiazole rings is 1. The second-order valence-electron chi connectivity index (χ2n) is 2.42. The average molecular weight is 186 g/mol. The van der Waals surface area contributed by atoms with Gasteiger partial charge < -0.3 is 10.4 Å². The number of nitrogens with one attached hydrogen (secondary N) is 1. The normalized spacial score (nSPS) is 12.5. The lowest BCUT2D eigenvalue weighted by molar-refractivity contribution is 0.0926. The zero-order valence-electron chi connectivity index (χ0n) is 6.65. The van der Waals surface area contributed by atoms with Crippen molar-refractivity contribution in [1.29, 1.82) is 0 Å². The van der Waals surface area contributed by atoms with E-state index in [-0.39, 0.29) is 18.6 Å². The van der Waals surface area contributed by atoms with E-state index in [2.05, 4.69) is 10.3 Å². The zero-order valence-corrected chi connectivity index (χ0v) is 7.47. The Bertz CT molecular complexity index is 248. The van der Waals surface area contributed by atoms with Gasteiger partial charge in [-0.25, -0.2) is 0 Å². The Morgan fingerprint density at radius 2 is 2.67 bits per heavy atom. The molecule has 1 amide bonds. The van der Waals surface area contributed by atoms with Gasteiger partial charge in [0.05, 0.1) is 18.3 Å². The van der Waals surface area contributed by atoms with Gasteiger partial charge in [-0.05, 0) is 6.92 Å². The first-order valence-electron chi connectivity index (χ1n) is 3.54. The van der Waals surface area contributed by atoms with Gasteiger partial charge in [0.25, 0.3) is 5.91 Å². The van der Waals surface area contributed by atoms with Crippen molar-refractivity contribution in [3.05, 3.63) is 16.6 Å². The van der Waals surface area contributed by atoms with Crippen LogP contribution in [0, 0.1) is 0 Å². The molecule has 1 rings (SSSR count). The molecule has 0 saturated heterocycles. The number of aromatic nitrogens is 1. The van der Waals surface area contributed by atoms with Gasteiger partial charge in [0.2, 0.25) is 0 Å². The third kappa shape index (κ3) is 2.28. The van der Waals surface area contributed by atoms with Crippen molar-refractivity contribution >= 4 is 17.2 Å². The fraction of sp³-hybridized carbons (Fsp3) is 0.429. The van der Waals surface area contributed by atoms with E-state index >= 15 is 0 Å². The summed E-state index contributed by atoms with van der Waals surface area (Å²) < 4.78 is 0. The van der Waals surface area contributed by atoms with Crippen LogP contribution in [0.25, 0.3) is 0 Å². The van der Waals surface area contributed by atoms with E-state index in [1.165, 1.54) is 17.5 Å². The molecule has 5 heteroatoms. The van der Waals surface area contributed by atoms with Gasteiger partial charge in [0.1, 0.15) is 4.88 Å². The second kappa shape index (κ2) is 4.18. The van der Waals surface area contributed by atoms with E-state index in [9.17, 15) is 4.79 Å². The summed E-state index contributed by atoms with van der Waals surface area (Å²) >= 11 is 1.28. The summed E-state index contributed by atoms with van der Waals surface area (Å²) in [5.74, 6) is -0.181. The van der Waals surface area contributed by atoms with Crippen molar-refractivity contribution < 1.29 is 9.90 Å². The Kier molecular flexibility index (Phi) is 3.19. The van der Waals surface area contributed by atoms with Crippen LogP contribution in [0.15, 0.2) is 11.7 Å². The number of hydrogen-bond acceptors (Lipinski definition) is 4. The molecule has 0 saturated carbocycles. The molecule has 0 aliphatic carbocycles. The van der Waals surface area contributed by atoms with Crippen molar-refractivity contribution in [3.8, 4) is 0 Å². The van der Waals surface area contributed by atoms with Crippen molar-refractivity contribution in [2.75, 3.05) is 6.61 Å². The molecule has 0 aliphatic rings. The van der Waals surface area contributed by atoms with Crippen LogP contribution in [-0.2, 0) is 0 Å². The molecule has 0 aromatic carbocycles. The molecule has 1 atom stereocenters. The van der Waals surface area contributed by atoms with Gasteiger partial charge in [0.15, 0.2) is 0 Å². The Labute approximate surface area is 74.3 Å². The quantitative estimate of drug-likeness (QED) is 0.711. The lowest BCUT2D eigenvalue weighted by Gasteiger charge is -2.08. The maximum Gasteiger partial charge on any atom is 0.263 e. The number of nitrogens with zero attached hydrogens (tertiary/aromatic N) is 1. The first-order valence-corrected chi connectivity index (χ1v) is 4.42. The summed E-state index contributed by atoms with van der Waals surface area (Å²) in [7, 11) is 0. The predicted octanol–water partition coefficient (Wildman–Crippen LogP) is 0.254. The smallest absolute Gasteiger partial charge is 0.263 e. The summed E-state index contributed by atoms with van der Waals surface area (Å²) in [6, 6.07) is -0.209. The molecule has 0 unspecified atom stereocenters. The molecular weight excluding hydrogens is 176 g/mol. The van der Waals surface area contributed by atoms with Crippen LogP contribution >= 0.6 is 11.3 Å². The lowest BCUT2D eigenvalue weighted by Crippen LogP contribution is -2.34. The molecule has 12 heavy (non-hydrogen) atoms. The van der Waals surface area contributed by atoms with Crippen LogP contribution in [-0.4, -0.2) is 28.6 Å². The van der Waals surface area contributed by atoms with E-state index in [0.717, 1.165) is 0 Å². The third-order valence-corrected chi connectivity index (χ3v) is 2.08. The molecular formula is C7H10N2O2S. The first-order chi connectivity index (χ1) is 5.74. The molecule has 1 aromatic heterocycles. The number of carbonyl (C=O) groups is 1. The SMILES string of the molecule is C[C@@H](CO)NC(=O)c1cncs1. The highest BCUT2D eigenvalue weighted by Crippen LogP contribution is 2.04. The van der Waals surface area contributed by atoms with Gasteiger partial charge in [-0.2, -0.15) is 0 Å². The van der Waals surface area contributed by atoms with Crippen LogP contribution in [0.1, 0.15) is 16.6 Å². The van der Waals surface area contributed by atoms with Gasteiger partial charge >= 0.3 is 0 Å². The fourth-order valence-corrected chi connectivity index (χ4v) is 1.19. The Morgan fingerprint density at radius 3 is 3.17 bits per heavy atom. The third-order valence-electron chi connectivity index (χ3n) is 1.31. The van der Waals surface area contributed by atoms with Crippen LogP contribution in [0.4, 0.5) is 0 Å². The van der Waals surface area contributed by atoms with Crippen molar-refractivity contribution in [2.24, 2.45) is 0 Å². The van der Waals surface area contributed by atoms with E-state index in [1.807, 2.05) is 0 Å². The van der Waals surface area contributed by atoms with Crippen molar-refractivity contribution in [2.45, 2.75) is 13.0 Å². The first kappa shape index (κ1) is 9.15. The maximum absolute atomic E-state index is 11.2. The number of rotatable bonds is 3. The van der Waals surface area contributed by atoms with Gasteiger partial charge in [-0.15, -0.1) is 11.3 Å². The monoisotopic (exact) mass is 186 g/mol. The Hall–Kier alpha value is -0.940. The maximum atomic E-state index is 11.2.